The van der Waals surface area contributed by atoms with Crippen molar-refractivity contribution in [3.8, 4) is 0 Å². The monoisotopic (exact) mass is 322 g/mol. The molecule has 1 aromatic heterocycles. The van der Waals surface area contributed by atoms with Crippen molar-refractivity contribution in [3.63, 3.8) is 0 Å². The maximum Gasteiger partial charge on any atom is 0.268 e. The molecular formula is C16H19ClN2OS. The first-order chi connectivity index (χ1) is 9.66. The normalized spacial score (nSPS) is 14.1. The van der Waals surface area contributed by atoms with Gasteiger partial charge in [0, 0.05) is 30.2 Å². The van der Waals surface area contributed by atoms with Crippen LogP contribution in [0.1, 0.15) is 25.7 Å². The minimum atomic E-state index is 0. The van der Waals surface area contributed by atoms with Gasteiger partial charge in [0.15, 0.2) is 0 Å². The van der Waals surface area contributed by atoms with Crippen molar-refractivity contribution in [2.24, 2.45) is 0 Å². The molecule has 2 aromatic rings. The summed E-state index contributed by atoms with van der Waals surface area (Å²) in [5.74, 6) is 0.113. The summed E-state index contributed by atoms with van der Waals surface area (Å²) in [5.41, 5.74) is 3.41. The van der Waals surface area contributed by atoms with E-state index in [0.29, 0.717) is 6.54 Å². The first-order valence-corrected chi connectivity index (χ1v) is 7.66. The molecule has 1 aromatic carbocycles. The van der Waals surface area contributed by atoms with Gasteiger partial charge >= 0.3 is 0 Å². The van der Waals surface area contributed by atoms with Gasteiger partial charge < -0.3 is 10.2 Å². The van der Waals surface area contributed by atoms with Crippen LogP contribution in [-0.2, 0) is 6.54 Å². The minimum Gasteiger partial charge on any atom is -0.311 e. The fourth-order valence-corrected chi connectivity index (χ4v) is 3.46. The Morgan fingerprint density at radius 2 is 2.05 bits per heavy atom. The van der Waals surface area contributed by atoms with Crippen LogP contribution >= 0.6 is 23.7 Å². The molecule has 0 radical (unpaired) electrons. The largest absolute Gasteiger partial charge is 0.311 e. The van der Waals surface area contributed by atoms with E-state index in [-0.39, 0.29) is 18.3 Å². The van der Waals surface area contributed by atoms with E-state index < -0.39 is 0 Å². The third-order valence-electron chi connectivity index (χ3n) is 3.73. The molecule has 3 nitrogen and oxygen atoms in total. The molecule has 0 unspecified atom stereocenters. The quantitative estimate of drug-likeness (QED) is 0.871. The molecule has 5 heteroatoms. The molecule has 21 heavy (non-hydrogen) atoms. The van der Waals surface area contributed by atoms with E-state index in [0.717, 1.165) is 23.7 Å². The third-order valence-corrected chi connectivity index (χ3v) is 4.87. The number of amides is 1. The van der Waals surface area contributed by atoms with E-state index in [2.05, 4.69) is 25.2 Å². The Hall–Kier alpha value is -1.36. The summed E-state index contributed by atoms with van der Waals surface area (Å²) in [7, 11) is 0. The van der Waals surface area contributed by atoms with Crippen molar-refractivity contribution in [2.45, 2.75) is 20.4 Å². The standard InChI is InChI=1S/C16H18N2OS.ClH/c1-11-9-15(20-12(11)2)16(19)18-8-7-17-10-13-5-3-4-6-14(13)18;/h3-6,9,17H,7-8,10H2,1-2H3;1H. The van der Waals surface area contributed by atoms with Crippen LogP contribution in [0.15, 0.2) is 30.3 Å². The summed E-state index contributed by atoms with van der Waals surface area (Å²) in [6.45, 7) is 6.48. The number of hydrogen-bond donors (Lipinski definition) is 1. The number of benzene rings is 1. The number of nitrogens with zero attached hydrogens (tertiary/aromatic N) is 1. The van der Waals surface area contributed by atoms with Gasteiger partial charge in [0.05, 0.1) is 4.88 Å². The first-order valence-electron chi connectivity index (χ1n) is 6.84. The fourth-order valence-electron chi connectivity index (χ4n) is 2.48. The average Bonchev–Trinajstić information content (AvgIpc) is 2.68. The second-order valence-electron chi connectivity index (χ2n) is 5.11. The van der Waals surface area contributed by atoms with E-state index in [1.165, 1.54) is 16.0 Å². The molecule has 0 aliphatic carbocycles. The number of rotatable bonds is 1. The summed E-state index contributed by atoms with van der Waals surface area (Å²) in [4.78, 5) is 16.7. The molecular weight excluding hydrogens is 304 g/mol. The van der Waals surface area contributed by atoms with Crippen LogP contribution < -0.4 is 10.2 Å². The molecule has 0 spiro atoms. The third kappa shape index (κ3) is 3.12. The van der Waals surface area contributed by atoms with Crippen LogP contribution in [0.25, 0.3) is 0 Å². The summed E-state index contributed by atoms with van der Waals surface area (Å²) >= 11 is 1.59. The van der Waals surface area contributed by atoms with Crippen LogP contribution in [0, 0.1) is 13.8 Å². The molecule has 1 aliphatic rings. The summed E-state index contributed by atoms with van der Waals surface area (Å²) in [6, 6.07) is 10.1. The molecule has 0 fully saturated rings. The number of halogens is 1. The number of thiophene rings is 1. The SMILES string of the molecule is Cc1cc(C(=O)N2CCNCc3ccccc32)sc1C.Cl. The lowest BCUT2D eigenvalue weighted by Gasteiger charge is -2.21. The molecule has 0 bridgehead atoms. The zero-order valence-electron chi connectivity index (χ0n) is 12.2. The highest BCUT2D eigenvalue weighted by Crippen LogP contribution is 2.27. The molecule has 0 saturated heterocycles. The van der Waals surface area contributed by atoms with Gasteiger partial charge in [-0.05, 0) is 37.1 Å². The number of carbonyl (C=O) groups excluding carboxylic acids is 1. The summed E-state index contributed by atoms with van der Waals surface area (Å²) < 4.78 is 0. The number of nitrogens with one attached hydrogen (secondary N) is 1. The summed E-state index contributed by atoms with van der Waals surface area (Å²) in [6.07, 6.45) is 0. The molecule has 1 aliphatic heterocycles. The number of carbonyl (C=O) groups is 1. The van der Waals surface area contributed by atoms with Crippen LogP contribution in [0.4, 0.5) is 5.69 Å². The van der Waals surface area contributed by atoms with Gasteiger partial charge in [0.2, 0.25) is 0 Å². The van der Waals surface area contributed by atoms with Crippen molar-refractivity contribution in [1.82, 2.24) is 5.32 Å². The average molecular weight is 323 g/mol. The van der Waals surface area contributed by atoms with Gasteiger partial charge in [-0.15, -0.1) is 23.7 Å². The Labute approximate surface area is 135 Å². The summed E-state index contributed by atoms with van der Waals surface area (Å²) in [5, 5.41) is 3.37. The number of aryl methyl sites for hydroxylation is 2. The van der Waals surface area contributed by atoms with Crippen molar-refractivity contribution in [3.05, 3.63) is 51.2 Å². The van der Waals surface area contributed by atoms with Crippen LogP contribution in [0.3, 0.4) is 0 Å². The van der Waals surface area contributed by atoms with E-state index in [1.54, 1.807) is 11.3 Å². The number of fused-ring (bicyclic) bond motifs is 1. The molecule has 2 heterocycles. The highest BCUT2D eigenvalue weighted by atomic mass is 35.5. The molecule has 0 saturated carbocycles. The Balaban J connectivity index is 0.00000161. The van der Waals surface area contributed by atoms with Crippen molar-refractivity contribution in [1.29, 1.82) is 0 Å². The smallest absolute Gasteiger partial charge is 0.268 e. The Kier molecular flexibility index (Phi) is 5.04. The molecule has 1 N–H and O–H groups in total. The minimum absolute atomic E-state index is 0. The molecule has 1 amide bonds. The zero-order chi connectivity index (χ0) is 14.1. The highest BCUT2D eigenvalue weighted by Gasteiger charge is 2.23. The van der Waals surface area contributed by atoms with E-state index >= 15 is 0 Å². The predicted molar refractivity (Wildman–Crippen MR) is 90.9 cm³/mol. The lowest BCUT2D eigenvalue weighted by atomic mass is 10.1. The van der Waals surface area contributed by atoms with Gasteiger partial charge in [-0.1, -0.05) is 18.2 Å². The topological polar surface area (TPSA) is 32.3 Å². The van der Waals surface area contributed by atoms with Crippen molar-refractivity contribution < 1.29 is 4.79 Å². The van der Waals surface area contributed by atoms with Gasteiger partial charge in [-0.3, -0.25) is 4.79 Å². The van der Waals surface area contributed by atoms with E-state index in [4.69, 9.17) is 0 Å². The van der Waals surface area contributed by atoms with Crippen LogP contribution in [-0.4, -0.2) is 19.0 Å². The Bertz CT molecular complexity index is 634. The van der Waals surface area contributed by atoms with Crippen LogP contribution in [0.2, 0.25) is 0 Å². The number of para-hydroxylation sites is 1. The predicted octanol–water partition coefficient (Wildman–Crippen LogP) is 3.54. The highest BCUT2D eigenvalue weighted by molar-refractivity contribution is 7.14. The zero-order valence-corrected chi connectivity index (χ0v) is 13.8. The van der Waals surface area contributed by atoms with Crippen molar-refractivity contribution in [2.75, 3.05) is 18.0 Å². The van der Waals surface area contributed by atoms with E-state index in [1.807, 2.05) is 29.2 Å². The maximum atomic E-state index is 12.8. The second kappa shape index (κ2) is 6.60. The second-order valence-corrected chi connectivity index (χ2v) is 6.37. The molecule has 0 atom stereocenters. The maximum absolute atomic E-state index is 12.8. The van der Waals surface area contributed by atoms with Gasteiger partial charge in [-0.2, -0.15) is 0 Å². The number of hydrogen-bond acceptors (Lipinski definition) is 3. The number of anilines is 1. The first kappa shape index (κ1) is 16.0. The molecule has 3 rings (SSSR count). The fraction of sp³-hybridized carbons (Fsp3) is 0.312. The van der Waals surface area contributed by atoms with Gasteiger partial charge in [0.1, 0.15) is 0 Å². The van der Waals surface area contributed by atoms with E-state index in [9.17, 15) is 4.79 Å². The van der Waals surface area contributed by atoms with Gasteiger partial charge in [0.25, 0.3) is 5.91 Å². The molecule has 112 valence electrons. The van der Waals surface area contributed by atoms with Gasteiger partial charge in [-0.25, -0.2) is 0 Å². The van der Waals surface area contributed by atoms with Crippen LogP contribution in [0.5, 0.6) is 0 Å². The lowest BCUT2D eigenvalue weighted by Crippen LogP contribution is -2.34. The lowest BCUT2D eigenvalue weighted by molar-refractivity contribution is 0.0991. The van der Waals surface area contributed by atoms with Crippen molar-refractivity contribution >= 4 is 35.3 Å². The Morgan fingerprint density at radius 1 is 1.29 bits per heavy atom. The Morgan fingerprint density at radius 3 is 2.76 bits per heavy atom.